The summed E-state index contributed by atoms with van der Waals surface area (Å²) < 4.78 is 26.9. The van der Waals surface area contributed by atoms with E-state index in [-0.39, 0.29) is 0 Å². The van der Waals surface area contributed by atoms with Crippen LogP contribution in [0.4, 0.5) is 11.4 Å². The number of hydrogen-bond acceptors (Lipinski definition) is 4. The van der Waals surface area contributed by atoms with E-state index in [1.807, 2.05) is 44.1 Å². The summed E-state index contributed by atoms with van der Waals surface area (Å²) in [4.78, 5) is 1.93. The molecule has 19 heavy (non-hydrogen) atoms. The summed E-state index contributed by atoms with van der Waals surface area (Å²) in [5.74, 6) is 0. The molecule has 6 heteroatoms. The third kappa shape index (κ3) is 4.72. The maximum atomic E-state index is 12.1. The lowest BCUT2D eigenvalue weighted by atomic mass is 10.3. The number of rotatable bonds is 7. The molecule has 2 N–H and O–H groups in total. The Morgan fingerprint density at radius 2 is 2.00 bits per heavy atom. The average Bonchev–Trinajstić information content (AvgIpc) is 2.35. The molecule has 0 saturated heterocycles. The number of benzene rings is 1. The zero-order chi connectivity index (χ0) is 14.5. The maximum Gasteiger partial charge on any atom is 0.236 e. The first-order valence-electron chi connectivity index (χ1n) is 6.36. The lowest BCUT2D eigenvalue weighted by molar-refractivity contribution is 0.579. The zero-order valence-electron chi connectivity index (χ0n) is 12.0. The number of sulfonamides is 1. The van der Waals surface area contributed by atoms with Crippen molar-refractivity contribution in [1.82, 2.24) is 5.32 Å². The van der Waals surface area contributed by atoms with Crippen LogP contribution >= 0.6 is 0 Å². The van der Waals surface area contributed by atoms with E-state index in [2.05, 4.69) is 10.0 Å². The van der Waals surface area contributed by atoms with Crippen molar-refractivity contribution in [2.24, 2.45) is 0 Å². The van der Waals surface area contributed by atoms with Crippen LogP contribution in [-0.4, -0.2) is 40.9 Å². The predicted octanol–water partition coefficient (Wildman–Crippen LogP) is 1.49. The van der Waals surface area contributed by atoms with Crippen molar-refractivity contribution in [2.45, 2.75) is 19.1 Å². The third-order valence-electron chi connectivity index (χ3n) is 2.83. The zero-order valence-corrected chi connectivity index (χ0v) is 12.8. The van der Waals surface area contributed by atoms with E-state index in [1.165, 1.54) is 0 Å². The minimum Gasteiger partial charge on any atom is -0.378 e. The highest BCUT2D eigenvalue weighted by Crippen LogP contribution is 2.19. The van der Waals surface area contributed by atoms with Crippen molar-refractivity contribution in [3.63, 3.8) is 0 Å². The van der Waals surface area contributed by atoms with Crippen LogP contribution in [0.3, 0.4) is 0 Å². The van der Waals surface area contributed by atoms with Gasteiger partial charge in [0, 0.05) is 26.3 Å². The largest absolute Gasteiger partial charge is 0.378 e. The van der Waals surface area contributed by atoms with E-state index < -0.39 is 15.3 Å². The lowest BCUT2D eigenvalue weighted by Crippen LogP contribution is -2.34. The van der Waals surface area contributed by atoms with Gasteiger partial charge in [-0.1, -0.05) is 13.0 Å². The quantitative estimate of drug-likeness (QED) is 0.797. The first kappa shape index (κ1) is 15.8. The van der Waals surface area contributed by atoms with Crippen LogP contribution in [0.25, 0.3) is 0 Å². The van der Waals surface area contributed by atoms with Crippen LogP contribution < -0.4 is 14.9 Å². The van der Waals surface area contributed by atoms with Crippen LogP contribution in [0.5, 0.6) is 0 Å². The number of hydrogen-bond donors (Lipinski definition) is 2. The molecule has 1 aromatic rings. The van der Waals surface area contributed by atoms with Crippen LogP contribution in [0, 0.1) is 0 Å². The Morgan fingerprint density at radius 1 is 1.32 bits per heavy atom. The monoisotopic (exact) mass is 285 g/mol. The molecule has 0 bridgehead atoms. The van der Waals surface area contributed by atoms with Gasteiger partial charge in [0.05, 0.1) is 10.9 Å². The van der Waals surface area contributed by atoms with Gasteiger partial charge in [-0.25, -0.2) is 8.42 Å². The molecule has 1 rings (SSSR count). The maximum absolute atomic E-state index is 12.1. The highest BCUT2D eigenvalue weighted by molar-refractivity contribution is 7.93. The van der Waals surface area contributed by atoms with Gasteiger partial charge in [0.25, 0.3) is 0 Å². The molecule has 1 aromatic carbocycles. The fourth-order valence-electron chi connectivity index (χ4n) is 1.57. The van der Waals surface area contributed by atoms with Crippen molar-refractivity contribution in [3.05, 3.63) is 24.3 Å². The Labute approximate surface area is 116 Å². The van der Waals surface area contributed by atoms with Crippen LogP contribution in [0.2, 0.25) is 0 Å². The molecule has 5 nitrogen and oxygen atoms in total. The van der Waals surface area contributed by atoms with Crippen molar-refractivity contribution in [3.8, 4) is 0 Å². The third-order valence-corrected chi connectivity index (χ3v) is 4.58. The van der Waals surface area contributed by atoms with E-state index in [9.17, 15) is 8.42 Å². The van der Waals surface area contributed by atoms with Gasteiger partial charge in [0.1, 0.15) is 0 Å². The summed E-state index contributed by atoms with van der Waals surface area (Å²) >= 11 is 0. The molecule has 0 aliphatic carbocycles. The minimum atomic E-state index is -3.36. The highest BCUT2D eigenvalue weighted by Gasteiger charge is 2.20. The van der Waals surface area contributed by atoms with E-state index >= 15 is 0 Å². The Balaban J connectivity index is 2.80. The second kappa shape index (κ2) is 6.77. The lowest BCUT2D eigenvalue weighted by Gasteiger charge is -2.17. The Hall–Kier alpha value is -1.27. The summed E-state index contributed by atoms with van der Waals surface area (Å²) in [7, 11) is 0.477. The summed E-state index contributed by atoms with van der Waals surface area (Å²) in [6, 6.07) is 7.34. The fraction of sp³-hybridized carbons (Fsp3) is 0.538. The second-order valence-electron chi connectivity index (χ2n) is 4.71. The number of nitrogens with one attached hydrogen (secondary N) is 2. The molecule has 1 atom stereocenters. The summed E-state index contributed by atoms with van der Waals surface area (Å²) in [6.45, 7) is 4.85. The topological polar surface area (TPSA) is 61.4 Å². The number of anilines is 2. The molecule has 0 aliphatic rings. The molecule has 0 spiro atoms. The van der Waals surface area contributed by atoms with Crippen LogP contribution in [-0.2, 0) is 10.0 Å². The Bertz CT molecular complexity index is 500. The summed E-state index contributed by atoms with van der Waals surface area (Å²) in [5, 5.41) is 2.57. The average molecular weight is 285 g/mol. The summed E-state index contributed by atoms with van der Waals surface area (Å²) in [5.41, 5.74) is 1.55. The molecule has 0 amide bonds. The Kier molecular flexibility index (Phi) is 5.62. The fourth-order valence-corrected chi connectivity index (χ4v) is 2.56. The smallest absolute Gasteiger partial charge is 0.236 e. The number of nitrogens with zero attached hydrogens (tertiary/aromatic N) is 1. The standard InChI is InChI=1S/C13H23N3O2S/c1-5-14-10-11(2)19(17,18)15-12-7-6-8-13(9-12)16(3)4/h6-9,11,14-15H,5,10H2,1-4H3. The molecular weight excluding hydrogens is 262 g/mol. The molecule has 0 saturated carbocycles. The van der Waals surface area contributed by atoms with Gasteiger partial charge >= 0.3 is 0 Å². The van der Waals surface area contributed by atoms with E-state index in [0.29, 0.717) is 12.2 Å². The van der Waals surface area contributed by atoms with Crippen LogP contribution in [0.15, 0.2) is 24.3 Å². The van der Waals surface area contributed by atoms with Gasteiger partial charge < -0.3 is 10.2 Å². The molecule has 0 aromatic heterocycles. The van der Waals surface area contributed by atoms with E-state index in [0.717, 1.165) is 12.2 Å². The van der Waals surface area contributed by atoms with Crippen LogP contribution in [0.1, 0.15) is 13.8 Å². The van der Waals surface area contributed by atoms with Gasteiger partial charge in [-0.05, 0) is 31.7 Å². The first-order valence-corrected chi connectivity index (χ1v) is 7.91. The van der Waals surface area contributed by atoms with E-state index in [4.69, 9.17) is 0 Å². The first-order chi connectivity index (χ1) is 8.86. The minimum absolute atomic E-state index is 0.444. The highest BCUT2D eigenvalue weighted by atomic mass is 32.2. The van der Waals surface area contributed by atoms with Crippen molar-refractivity contribution in [2.75, 3.05) is 36.8 Å². The summed E-state index contributed by atoms with van der Waals surface area (Å²) in [6.07, 6.45) is 0. The van der Waals surface area contributed by atoms with Crippen molar-refractivity contribution in [1.29, 1.82) is 0 Å². The van der Waals surface area contributed by atoms with Gasteiger partial charge in [0.15, 0.2) is 0 Å². The van der Waals surface area contributed by atoms with Crippen molar-refractivity contribution >= 4 is 21.4 Å². The normalized spacial score (nSPS) is 13.1. The molecule has 0 radical (unpaired) electrons. The Morgan fingerprint density at radius 3 is 2.58 bits per heavy atom. The van der Waals surface area contributed by atoms with E-state index in [1.54, 1.807) is 13.0 Å². The SMILES string of the molecule is CCNCC(C)S(=O)(=O)Nc1cccc(N(C)C)c1. The predicted molar refractivity (Wildman–Crippen MR) is 81.3 cm³/mol. The molecule has 0 aliphatic heterocycles. The van der Waals surface area contributed by atoms with Gasteiger partial charge in [0.2, 0.25) is 10.0 Å². The molecule has 0 fully saturated rings. The van der Waals surface area contributed by atoms with Gasteiger partial charge in [-0.15, -0.1) is 0 Å². The molecular formula is C13H23N3O2S. The van der Waals surface area contributed by atoms with Crippen molar-refractivity contribution < 1.29 is 8.42 Å². The second-order valence-corrected chi connectivity index (χ2v) is 6.81. The van der Waals surface area contributed by atoms with Gasteiger partial charge in [-0.3, -0.25) is 4.72 Å². The molecule has 0 heterocycles. The van der Waals surface area contributed by atoms with Gasteiger partial charge in [-0.2, -0.15) is 0 Å². The molecule has 108 valence electrons. The molecule has 1 unspecified atom stereocenters.